The minimum atomic E-state index is -3.33. The van der Waals surface area contributed by atoms with Crippen LogP contribution in [0.15, 0.2) is 16.3 Å². The Hall–Kier alpha value is -0.430. The quantitative estimate of drug-likeness (QED) is 0.908. The normalized spacial score (nSPS) is 20.1. The van der Waals surface area contributed by atoms with Crippen LogP contribution in [-0.2, 0) is 16.6 Å². The average Bonchev–Trinajstić information content (AvgIpc) is 2.84. The Morgan fingerprint density at radius 2 is 2.00 bits per heavy atom. The van der Waals surface area contributed by atoms with Gasteiger partial charge in [0, 0.05) is 24.5 Å². The molecule has 0 aliphatic carbocycles. The molecule has 0 aromatic carbocycles. The Labute approximate surface area is 126 Å². The summed E-state index contributed by atoms with van der Waals surface area (Å²) in [5.41, 5.74) is 0.257. The monoisotopic (exact) mass is 316 g/mol. The summed E-state index contributed by atoms with van der Waals surface area (Å²) < 4.78 is 27.1. The minimum absolute atomic E-state index is 0.257. The molecule has 2 rings (SSSR count). The maximum absolute atomic E-state index is 12.7. The molecule has 1 N–H and O–H groups in total. The summed E-state index contributed by atoms with van der Waals surface area (Å²) >= 11 is 1.51. The zero-order valence-electron chi connectivity index (χ0n) is 12.5. The van der Waals surface area contributed by atoms with Gasteiger partial charge in [-0.25, -0.2) is 8.42 Å². The van der Waals surface area contributed by atoms with E-state index in [0.29, 0.717) is 24.5 Å². The zero-order valence-corrected chi connectivity index (χ0v) is 14.1. The van der Waals surface area contributed by atoms with Crippen LogP contribution in [0.2, 0.25) is 0 Å². The van der Waals surface area contributed by atoms with Crippen molar-refractivity contribution in [2.24, 2.45) is 5.41 Å². The lowest BCUT2D eigenvalue weighted by atomic mass is 9.83. The first-order chi connectivity index (χ1) is 9.37. The molecule has 0 spiro atoms. The molecular formula is C14H24N2O2S2. The standard InChI is InChI=1S/C14H24N2O2S2/c1-4-15-11-12-13(5-10-19-12)20(17,18)16-8-6-14(2,3)7-9-16/h5,10,15H,4,6-9,11H2,1-3H3. The predicted molar refractivity (Wildman–Crippen MR) is 83.5 cm³/mol. The van der Waals surface area contributed by atoms with Crippen LogP contribution in [0, 0.1) is 5.41 Å². The Kier molecular flexibility index (Phi) is 4.89. The molecule has 114 valence electrons. The van der Waals surface area contributed by atoms with E-state index in [1.165, 1.54) is 11.3 Å². The summed E-state index contributed by atoms with van der Waals surface area (Å²) in [5, 5.41) is 5.08. The fraction of sp³-hybridized carbons (Fsp3) is 0.714. The van der Waals surface area contributed by atoms with E-state index < -0.39 is 10.0 Å². The second kappa shape index (κ2) is 6.13. The first kappa shape index (κ1) is 15.9. The number of rotatable bonds is 5. The van der Waals surface area contributed by atoms with Gasteiger partial charge in [-0.1, -0.05) is 20.8 Å². The molecule has 6 heteroatoms. The summed E-state index contributed by atoms with van der Waals surface area (Å²) in [4.78, 5) is 1.40. The van der Waals surface area contributed by atoms with Gasteiger partial charge in [-0.05, 0) is 36.2 Å². The molecular weight excluding hydrogens is 292 g/mol. The number of piperidine rings is 1. The zero-order chi connectivity index (χ0) is 14.8. The molecule has 1 aromatic rings. The van der Waals surface area contributed by atoms with Crippen molar-refractivity contribution in [1.29, 1.82) is 0 Å². The lowest BCUT2D eigenvalue weighted by Crippen LogP contribution is -2.41. The van der Waals surface area contributed by atoms with Gasteiger partial charge in [0.05, 0.1) is 4.90 Å². The highest BCUT2D eigenvalue weighted by atomic mass is 32.2. The second-order valence-electron chi connectivity index (χ2n) is 6.06. The SMILES string of the molecule is CCNCc1sccc1S(=O)(=O)N1CCC(C)(C)CC1. The van der Waals surface area contributed by atoms with E-state index in [-0.39, 0.29) is 5.41 Å². The Morgan fingerprint density at radius 3 is 2.60 bits per heavy atom. The van der Waals surface area contributed by atoms with Gasteiger partial charge in [-0.3, -0.25) is 0 Å². The molecule has 0 atom stereocenters. The van der Waals surface area contributed by atoms with Gasteiger partial charge in [0.15, 0.2) is 0 Å². The van der Waals surface area contributed by atoms with Crippen LogP contribution in [0.25, 0.3) is 0 Å². The third-order valence-corrected chi connectivity index (χ3v) is 6.97. The lowest BCUT2D eigenvalue weighted by Gasteiger charge is -2.36. The Balaban J connectivity index is 2.17. The summed E-state index contributed by atoms with van der Waals surface area (Å²) in [6, 6.07) is 1.74. The number of thiophene rings is 1. The van der Waals surface area contributed by atoms with Gasteiger partial charge in [-0.15, -0.1) is 11.3 Å². The number of hydrogen-bond donors (Lipinski definition) is 1. The average molecular weight is 316 g/mol. The van der Waals surface area contributed by atoms with Crippen LogP contribution >= 0.6 is 11.3 Å². The van der Waals surface area contributed by atoms with E-state index in [4.69, 9.17) is 0 Å². The van der Waals surface area contributed by atoms with Gasteiger partial charge < -0.3 is 5.32 Å². The molecule has 0 unspecified atom stereocenters. The van der Waals surface area contributed by atoms with Crippen LogP contribution < -0.4 is 5.32 Å². The molecule has 0 saturated carbocycles. The highest BCUT2D eigenvalue weighted by Gasteiger charge is 2.34. The van der Waals surface area contributed by atoms with Gasteiger partial charge >= 0.3 is 0 Å². The second-order valence-corrected chi connectivity index (χ2v) is 8.96. The Bertz CT molecular complexity index is 539. The van der Waals surface area contributed by atoms with Gasteiger partial charge in [0.2, 0.25) is 10.0 Å². The molecule has 0 bridgehead atoms. The number of sulfonamides is 1. The molecule has 1 aromatic heterocycles. The summed E-state index contributed by atoms with van der Waals surface area (Å²) in [6.07, 6.45) is 1.86. The van der Waals surface area contributed by atoms with Crippen LogP contribution in [0.5, 0.6) is 0 Å². The van der Waals surface area contributed by atoms with Crippen molar-refractivity contribution in [3.8, 4) is 0 Å². The van der Waals surface area contributed by atoms with Crippen LogP contribution in [0.4, 0.5) is 0 Å². The van der Waals surface area contributed by atoms with E-state index in [1.54, 1.807) is 10.4 Å². The number of nitrogens with one attached hydrogen (secondary N) is 1. The molecule has 1 aliphatic rings. The molecule has 0 amide bonds. The van der Waals surface area contributed by atoms with Crippen molar-refractivity contribution >= 4 is 21.4 Å². The highest BCUT2D eigenvalue weighted by Crippen LogP contribution is 2.33. The van der Waals surface area contributed by atoms with Crippen molar-refractivity contribution in [3.63, 3.8) is 0 Å². The maximum Gasteiger partial charge on any atom is 0.244 e. The highest BCUT2D eigenvalue weighted by molar-refractivity contribution is 7.89. The molecule has 1 fully saturated rings. The predicted octanol–water partition coefficient (Wildman–Crippen LogP) is 2.67. The maximum atomic E-state index is 12.7. The van der Waals surface area contributed by atoms with Gasteiger partial charge in [0.25, 0.3) is 0 Å². The minimum Gasteiger partial charge on any atom is -0.312 e. The molecule has 1 aliphatic heterocycles. The van der Waals surface area contributed by atoms with E-state index in [2.05, 4.69) is 19.2 Å². The molecule has 20 heavy (non-hydrogen) atoms. The van der Waals surface area contributed by atoms with Crippen molar-refractivity contribution < 1.29 is 8.42 Å². The summed E-state index contributed by atoms with van der Waals surface area (Å²) in [6.45, 7) is 9.17. The lowest BCUT2D eigenvalue weighted by molar-refractivity contribution is 0.196. The molecule has 2 heterocycles. The van der Waals surface area contributed by atoms with Gasteiger partial charge in [0.1, 0.15) is 0 Å². The van der Waals surface area contributed by atoms with E-state index in [1.807, 2.05) is 12.3 Å². The van der Waals surface area contributed by atoms with Crippen molar-refractivity contribution in [2.45, 2.75) is 45.1 Å². The smallest absolute Gasteiger partial charge is 0.244 e. The Morgan fingerprint density at radius 1 is 1.35 bits per heavy atom. The summed E-state index contributed by atoms with van der Waals surface area (Å²) in [5.74, 6) is 0. The van der Waals surface area contributed by atoms with Crippen LogP contribution in [0.1, 0.15) is 38.5 Å². The molecule has 4 nitrogen and oxygen atoms in total. The first-order valence-corrected chi connectivity index (χ1v) is 9.46. The van der Waals surface area contributed by atoms with Crippen LogP contribution in [-0.4, -0.2) is 32.4 Å². The fourth-order valence-electron chi connectivity index (χ4n) is 2.40. The van der Waals surface area contributed by atoms with Gasteiger partial charge in [-0.2, -0.15) is 4.31 Å². The first-order valence-electron chi connectivity index (χ1n) is 7.14. The topological polar surface area (TPSA) is 49.4 Å². The van der Waals surface area contributed by atoms with E-state index in [9.17, 15) is 8.42 Å². The largest absolute Gasteiger partial charge is 0.312 e. The molecule has 1 saturated heterocycles. The number of nitrogens with zero attached hydrogens (tertiary/aromatic N) is 1. The van der Waals surface area contributed by atoms with Crippen molar-refractivity contribution in [3.05, 3.63) is 16.3 Å². The van der Waals surface area contributed by atoms with Crippen molar-refractivity contribution in [2.75, 3.05) is 19.6 Å². The third-order valence-electron chi connectivity index (χ3n) is 3.93. The van der Waals surface area contributed by atoms with Crippen molar-refractivity contribution in [1.82, 2.24) is 9.62 Å². The summed E-state index contributed by atoms with van der Waals surface area (Å²) in [7, 11) is -3.33. The fourth-order valence-corrected chi connectivity index (χ4v) is 5.22. The third kappa shape index (κ3) is 3.42. The van der Waals surface area contributed by atoms with E-state index in [0.717, 1.165) is 24.3 Å². The van der Waals surface area contributed by atoms with Crippen LogP contribution in [0.3, 0.4) is 0 Å². The molecule has 0 radical (unpaired) electrons. The van der Waals surface area contributed by atoms with E-state index >= 15 is 0 Å². The number of hydrogen-bond acceptors (Lipinski definition) is 4.